The number of nitrogens with zero attached hydrogens (tertiary/aromatic N) is 1. The Hall–Kier alpha value is -1.48. The van der Waals surface area contributed by atoms with Crippen molar-refractivity contribution in [2.24, 2.45) is 0 Å². The van der Waals surface area contributed by atoms with Crippen LogP contribution in [-0.2, 0) is 26.0 Å². The molecule has 0 atom stereocenters. The highest BCUT2D eigenvalue weighted by Gasteiger charge is 2.15. The topological polar surface area (TPSA) is 87.7 Å². The maximum Gasteiger partial charge on any atom is 0.241 e. The Labute approximate surface area is 143 Å². The van der Waals surface area contributed by atoms with Crippen LogP contribution in [0.4, 0.5) is 0 Å². The van der Waals surface area contributed by atoms with Gasteiger partial charge in [-0.1, -0.05) is 19.1 Å². The molecular weight excluding hydrogens is 330 g/mol. The molecule has 134 valence electrons. The Kier molecular flexibility index (Phi) is 7.16. The highest BCUT2D eigenvalue weighted by molar-refractivity contribution is 7.89. The van der Waals surface area contributed by atoms with Crippen LogP contribution in [0.2, 0.25) is 0 Å². The number of aryl methyl sites for hydroxylation is 1. The van der Waals surface area contributed by atoms with E-state index in [1.54, 1.807) is 24.3 Å². The molecular formula is C16H25N3O4S. The Morgan fingerprint density at radius 2 is 1.88 bits per heavy atom. The number of carbonyl (C=O) groups excluding carboxylic acids is 1. The molecule has 2 N–H and O–H groups in total. The van der Waals surface area contributed by atoms with Crippen LogP contribution in [0.15, 0.2) is 29.2 Å². The Bertz CT molecular complexity index is 625. The Morgan fingerprint density at radius 1 is 1.21 bits per heavy atom. The summed E-state index contributed by atoms with van der Waals surface area (Å²) in [5.41, 5.74) is 1.06. The van der Waals surface area contributed by atoms with E-state index >= 15 is 0 Å². The van der Waals surface area contributed by atoms with Crippen LogP contribution in [0, 0.1) is 0 Å². The van der Waals surface area contributed by atoms with E-state index in [0.29, 0.717) is 19.8 Å². The lowest BCUT2D eigenvalue weighted by Crippen LogP contribution is -2.43. The molecule has 24 heavy (non-hydrogen) atoms. The van der Waals surface area contributed by atoms with E-state index < -0.39 is 10.0 Å². The number of morpholine rings is 1. The van der Waals surface area contributed by atoms with Crippen molar-refractivity contribution in [1.29, 1.82) is 0 Å². The Balaban J connectivity index is 1.73. The molecule has 7 nitrogen and oxygen atoms in total. The second kappa shape index (κ2) is 9.12. The van der Waals surface area contributed by atoms with Crippen LogP contribution in [0.5, 0.6) is 0 Å². The average Bonchev–Trinajstić information content (AvgIpc) is 2.61. The lowest BCUT2D eigenvalue weighted by molar-refractivity contribution is -0.120. The molecule has 0 spiro atoms. The standard InChI is InChI=1S/C16H25N3O4S/c1-2-14-3-5-15(6-4-14)24(21,22)18-13-16(20)17-7-8-19-9-11-23-12-10-19/h3-6,18H,2,7-13H2,1H3,(H,17,20). The quantitative estimate of drug-likeness (QED) is 0.684. The fourth-order valence-corrected chi connectivity index (χ4v) is 3.37. The fourth-order valence-electron chi connectivity index (χ4n) is 2.39. The predicted octanol–water partition coefficient (Wildman–Crippen LogP) is -0.0243. The summed E-state index contributed by atoms with van der Waals surface area (Å²) in [6.45, 7) is 6.11. The SMILES string of the molecule is CCc1ccc(S(=O)(=O)NCC(=O)NCCN2CCOCC2)cc1. The molecule has 0 bridgehead atoms. The van der Waals surface area contributed by atoms with Gasteiger partial charge in [-0.15, -0.1) is 0 Å². The number of sulfonamides is 1. The Morgan fingerprint density at radius 3 is 2.50 bits per heavy atom. The van der Waals surface area contributed by atoms with E-state index in [1.165, 1.54) is 0 Å². The van der Waals surface area contributed by atoms with Crippen LogP contribution in [0.25, 0.3) is 0 Å². The van der Waals surface area contributed by atoms with E-state index in [4.69, 9.17) is 4.74 Å². The van der Waals surface area contributed by atoms with Crippen LogP contribution < -0.4 is 10.0 Å². The van der Waals surface area contributed by atoms with E-state index in [9.17, 15) is 13.2 Å². The first kappa shape index (κ1) is 18.9. The van der Waals surface area contributed by atoms with Crippen molar-refractivity contribution < 1.29 is 17.9 Å². The lowest BCUT2D eigenvalue weighted by Gasteiger charge is -2.26. The minimum Gasteiger partial charge on any atom is -0.379 e. The second-order valence-electron chi connectivity index (χ2n) is 5.63. The molecule has 0 unspecified atom stereocenters. The number of hydrogen-bond acceptors (Lipinski definition) is 5. The molecule has 1 amide bonds. The number of nitrogens with one attached hydrogen (secondary N) is 2. The zero-order valence-electron chi connectivity index (χ0n) is 14.0. The van der Waals surface area contributed by atoms with Gasteiger partial charge in [-0.05, 0) is 24.1 Å². The molecule has 1 fully saturated rings. The summed E-state index contributed by atoms with van der Waals surface area (Å²) >= 11 is 0. The van der Waals surface area contributed by atoms with Gasteiger partial charge in [0.05, 0.1) is 24.7 Å². The highest BCUT2D eigenvalue weighted by atomic mass is 32.2. The largest absolute Gasteiger partial charge is 0.379 e. The van der Waals surface area contributed by atoms with Crippen LogP contribution >= 0.6 is 0 Å². The van der Waals surface area contributed by atoms with Gasteiger partial charge in [0.25, 0.3) is 0 Å². The maximum absolute atomic E-state index is 12.1. The van der Waals surface area contributed by atoms with E-state index in [0.717, 1.165) is 31.6 Å². The molecule has 0 aromatic heterocycles. The number of rotatable bonds is 8. The lowest BCUT2D eigenvalue weighted by atomic mass is 10.2. The zero-order chi connectivity index (χ0) is 17.4. The number of ether oxygens (including phenoxy) is 1. The van der Waals surface area contributed by atoms with Gasteiger partial charge in [0.1, 0.15) is 0 Å². The molecule has 1 aromatic rings. The number of amides is 1. The van der Waals surface area contributed by atoms with Crippen molar-refractivity contribution in [2.75, 3.05) is 45.9 Å². The highest BCUT2D eigenvalue weighted by Crippen LogP contribution is 2.10. The third-order valence-electron chi connectivity index (χ3n) is 3.92. The van der Waals surface area contributed by atoms with Crippen LogP contribution in [-0.4, -0.2) is 65.2 Å². The van der Waals surface area contributed by atoms with Crippen molar-refractivity contribution in [3.63, 3.8) is 0 Å². The van der Waals surface area contributed by atoms with Gasteiger partial charge in [0.2, 0.25) is 15.9 Å². The van der Waals surface area contributed by atoms with Gasteiger partial charge in [-0.2, -0.15) is 0 Å². The van der Waals surface area contributed by atoms with Crippen molar-refractivity contribution in [1.82, 2.24) is 14.9 Å². The monoisotopic (exact) mass is 355 g/mol. The summed E-state index contributed by atoms with van der Waals surface area (Å²) in [6, 6.07) is 6.66. The van der Waals surface area contributed by atoms with Gasteiger partial charge in [0.15, 0.2) is 0 Å². The van der Waals surface area contributed by atoms with Crippen molar-refractivity contribution in [3.8, 4) is 0 Å². The summed E-state index contributed by atoms with van der Waals surface area (Å²) in [5, 5.41) is 2.72. The molecule has 0 radical (unpaired) electrons. The first-order valence-corrected chi connectivity index (χ1v) is 9.65. The van der Waals surface area contributed by atoms with E-state index in [-0.39, 0.29) is 17.3 Å². The van der Waals surface area contributed by atoms with Crippen molar-refractivity contribution in [3.05, 3.63) is 29.8 Å². The van der Waals surface area contributed by atoms with Gasteiger partial charge in [-0.25, -0.2) is 13.1 Å². The minimum atomic E-state index is -3.66. The van der Waals surface area contributed by atoms with Crippen LogP contribution in [0.3, 0.4) is 0 Å². The maximum atomic E-state index is 12.1. The molecule has 1 saturated heterocycles. The summed E-state index contributed by atoms with van der Waals surface area (Å²) in [4.78, 5) is 14.1. The first-order valence-electron chi connectivity index (χ1n) is 8.16. The van der Waals surface area contributed by atoms with Gasteiger partial charge in [-0.3, -0.25) is 9.69 Å². The molecule has 1 aliphatic heterocycles. The molecule has 0 saturated carbocycles. The van der Waals surface area contributed by atoms with Crippen molar-refractivity contribution >= 4 is 15.9 Å². The number of carbonyl (C=O) groups is 1. The molecule has 1 aliphatic rings. The van der Waals surface area contributed by atoms with Crippen LogP contribution in [0.1, 0.15) is 12.5 Å². The molecule has 1 heterocycles. The summed E-state index contributed by atoms with van der Waals surface area (Å²) in [5.74, 6) is -0.336. The van der Waals surface area contributed by atoms with Gasteiger partial charge >= 0.3 is 0 Å². The van der Waals surface area contributed by atoms with E-state index in [1.807, 2.05) is 6.92 Å². The third-order valence-corrected chi connectivity index (χ3v) is 5.34. The molecule has 1 aromatic carbocycles. The molecule has 0 aliphatic carbocycles. The van der Waals surface area contributed by atoms with Gasteiger partial charge in [0, 0.05) is 26.2 Å². The summed E-state index contributed by atoms with van der Waals surface area (Å²) < 4.78 is 31.9. The zero-order valence-corrected chi connectivity index (χ0v) is 14.8. The minimum absolute atomic E-state index is 0.167. The van der Waals surface area contributed by atoms with Gasteiger partial charge < -0.3 is 10.1 Å². The average molecular weight is 355 g/mol. The summed E-state index contributed by atoms with van der Waals surface area (Å²) in [6.07, 6.45) is 0.847. The van der Waals surface area contributed by atoms with Crippen molar-refractivity contribution in [2.45, 2.75) is 18.2 Å². The van der Waals surface area contributed by atoms with E-state index in [2.05, 4.69) is 14.9 Å². The summed E-state index contributed by atoms with van der Waals surface area (Å²) in [7, 11) is -3.66. The number of hydrogen-bond donors (Lipinski definition) is 2. The fraction of sp³-hybridized carbons (Fsp3) is 0.562. The predicted molar refractivity (Wildman–Crippen MR) is 91.3 cm³/mol. The molecule has 2 rings (SSSR count). The second-order valence-corrected chi connectivity index (χ2v) is 7.39. The first-order chi connectivity index (χ1) is 11.5. The molecule has 8 heteroatoms. The normalized spacial score (nSPS) is 16.0. The number of benzene rings is 1. The third kappa shape index (κ3) is 5.86. The smallest absolute Gasteiger partial charge is 0.241 e.